The summed E-state index contributed by atoms with van der Waals surface area (Å²) in [5.74, 6) is -0.536. The lowest BCUT2D eigenvalue weighted by molar-refractivity contribution is 0.0927. The number of sulfone groups is 1. The predicted molar refractivity (Wildman–Crippen MR) is 90.7 cm³/mol. The van der Waals surface area contributed by atoms with E-state index in [1.165, 1.54) is 24.3 Å². The summed E-state index contributed by atoms with van der Waals surface area (Å²) in [4.78, 5) is 23.9. The van der Waals surface area contributed by atoms with Gasteiger partial charge in [-0.1, -0.05) is 18.2 Å². The summed E-state index contributed by atoms with van der Waals surface area (Å²) in [6.45, 7) is 0.562. The number of nitrogens with one attached hydrogen (secondary N) is 2. The highest BCUT2D eigenvalue weighted by Crippen LogP contribution is 2.10. The van der Waals surface area contributed by atoms with Gasteiger partial charge in [0, 0.05) is 30.5 Å². The van der Waals surface area contributed by atoms with Gasteiger partial charge in [0.25, 0.3) is 11.8 Å². The van der Waals surface area contributed by atoms with Crippen LogP contribution in [0.4, 0.5) is 0 Å². The highest BCUT2D eigenvalue weighted by Gasteiger charge is 2.10. The smallest absolute Gasteiger partial charge is 0.251 e. The molecule has 0 radical (unpaired) electrons. The fraction of sp³-hybridized carbons (Fsp3) is 0.176. The third-order valence-corrected chi connectivity index (χ3v) is 4.41. The van der Waals surface area contributed by atoms with Crippen molar-refractivity contribution in [3.63, 3.8) is 0 Å². The summed E-state index contributed by atoms with van der Waals surface area (Å²) in [5.41, 5.74) is 0.914. The van der Waals surface area contributed by atoms with Crippen LogP contribution in [0.25, 0.3) is 0 Å². The Morgan fingerprint density at radius 3 is 1.71 bits per heavy atom. The minimum absolute atomic E-state index is 0.161. The van der Waals surface area contributed by atoms with Crippen LogP contribution in [0, 0.1) is 0 Å². The van der Waals surface area contributed by atoms with Gasteiger partial charge in [-0.15, -0.1) is 0 Å². The van der Waals surface area contributed by atoms with Gasteiger partial charge in [-0.2, -0.15) is 0 Å². The standard InChI is InChI=1S/C17H18N2O4S/c1-24(22,23)15-9-7-14(8-10-15)17(21)19-12-11-18-16(20)13-5-3-2-4-6-13/h2-10H,11-12H2,1H3,(H,18,20)(H,19,21). The van der Waals surface area contributed by atoms with E-state index in [0.717, 1.165) is 6.26 Å². The van der Waals surface area contributed by atoms with Crippen LogP contribution in [0.2, 0.25) is 0 Å². The molecule has 6 nitrogen and oxygen atoms in total. The second-order valence-corrected chi connectivity index (χ2v) is 7.19. The molecule has 2 amide bonds. The zero-order chi connectivity index (χ0) is 17.6. The molecule has 0 atom stereocenters. The number of carbonyl (C=O) groups is 2. The Morgan fingerprint density at radius 2 is 1.25 bits per heavy atom. The van der Waals surface area contributed by atoms with Crippen molar-refractivity contribution in [3.05, 3.63) is 65.7 Å². The molecule has 0 aromatic heterocycles. The van der Waals surface area contributed by atoms with E-state index in [-0.39, 0.29) is 23.3 Å². The molecule has 0 fully saturated rings. The SMILES string of the molecule is CS(=O)(=O)c1ccc(C(=O)NCCNC(=O)c2ccccc2)cc1. The van der Waals surface area contributed by atoms with Crippen molar-refractivity contribution in [2.45, 2.75) is 4.90 Å². The Balaban J connectivity index is 1.80. The molecule has 0 aliphatic heterocycles. The minimum atomic E-state index is -3.28. The van der Waals surface area contributed by atoms with Crippen LogP contribution in [-0.2, 0) is 9.84 Å². The van der Waals surface area contributed by atoms with Crippen molar-refractivity contribution in [2.75, 3.05) is 19.3 Å². The van der Waals surface area contributed by atoms with Gasteiger partial charge in [0.05, 0.1) is 4.90 Å². The second-order valence-electron chi connectivity index (χ2n) is 5.17. The largest absolute Gasteiger partial charge is 0.350 e. The van der Waals surface area contributed by atoms with Crippen molar-refractivity contribution in [2.24, 2.45) is 0 Å². The third-order valence-electron chi connectivity index (χ3n) is 3.28. The Morgan fingerprint density at radius 1 is 0.792 bits per heavy atom. The average molecular weight is 346 g/mol. The number of hydrogen-bond donors (Lipinski definition) is 2. The molecular weight excluding hydrogens is 328 g/mol. The molecule has 0 saturated heterocycles. The summed E-state index contributed by atoms with van der Waals surface area (Å²) in [7, 11) is -3.28. The second kappa shape index (κ2) is 7.74. The maximum Gasteiger partial charge on any atom is 0.251 e. The topological polar surface area (TPSA) is 92.3 Å². The average Bonchev–Trinajstić information content (AvgIpc) is 2.58. The van der Waals surface area contributed by atoms with Crippen molar-refractivity contribution < 1.29 is 18.0 Å². The summed E-state index contributed by atoms with van der Waals surface area (Å²) in [6.07, 6.45) is 1.11. The van der Waals surface area contributed by atoms with Gasteiger partial charge in [-0.05, 0) is 36.4 Å². The first kappa shape index (κ1) is 17.7. The molecule has 0 aliphatic carbocycles. The van der Waals surface area contributed by atoms with E-state index >= 15 is 0 Å². The molecule has 2 N–H and O–H groups in total. The van der Waals surface area contributed by atoms with E-state index in [1.54, 1.807) is 24.3 Å². The first-order valence-electron chi connectivity index (χ1n) is 7.29. The molecule has 24 heavy (non-hydrogen) atoms. The van der Waals surface area contributed by atoms with Crippen LogP contribution < -0.4 is 10.6 Å². The molecule has 0 unspecified atom stereocenters. The van der Waals surface area contributed by atoms with E-state index < -0.39 is 9.84 Å². The van der Waals surface area contributed by atoms with Gasteiger partial charge in [0.15, 0.2) is 9.84 Å². The molecule has 0 spiro atoms. The summed E-state index contributed by atoms with van der Waals surface area (Å²) in [6, 6.07) is 14.5. The Labute approximate surface area is 140 Å². The molecule has 126 valence electrons. The highest BCUT2D eigenvalue weighted by atomic mass is 32.2. The van der Waals surface area contributed by atoms with Gasteiger partial charge in [-0.25, -0.2) is 8.42 Å². The number of carbonyl (C=O) groups excluding carboxylic acids is 2. The van der Waals surface area contributed by atoms with E-state index in [0.29, 0.717) is 17.7 Å². The monoisotopic (exact) mass is 346 g/mol. The summed E-state index contributed by atoms with van der Waals surface area (Å²) < 4.78 is 22.7. The van der Waals surface area contributed by atoms with Crippen LogP contribution in [0.5, 0.6) is 0 Å². The lowest BCUT2D eigenvalue weighted by Gasteiger charge is -2.07. The zero-order valence-corrected chi connectivity index (χ0v) is 14.0. The van der Waals surface area contributed by atoms with Gasteiger partial charge in [0.2, 0.25) is 0 Å². The van der Waals surface area contributed by atoms with Crippen LogP contribution in [0.3, 0.4) is 0 Å². The van der Waals surface area contributed by atoms with E-state index in [9.17, 15) is 18.0 Å². The number of amides is 2. The first-order valence-corrected chi connectivity index (χ1v) is 9.18. The molecule has 0 aliphatic rings. The number of hydrogen-bond acceptors (Lipinski definition) is 4. The zero-order valence-electron chi connectivity index (χ0n) is 13.2. The van der Waals surface area contributed by atoms with Crippen molar-refractivity contribution >= 4 is 21.7 Å². The third kappa shape index (κ3) is 4.92. The van der Waals surface area contributed by atoms with Crippen LogP contribution in [0.1, 0.15) is 20.7 Å². The van der Waals surface area contributed by atoms with Crippen LogP contribution >= 0.6 is 0 Å². The van der Waals surface area contributed by atoms with Gasteiger partial charge >= 0.3 is 0 Å². The lowest BCUT2D eigenvalue weighted by Crippen LogP contribution is -2.34. The number of benzene rings is 2. The number of rotatable bonds is 6. The fourth-order valence-electron chi connectivity index (χ4n) is 2.00. The molecule has 0 bridgehead atoms. The summed E-state index contributed by atoms with van der Waals surface area (Å²) in [5, 5.41) is 5.36. The molecule has 7 heteroatoms. The van der Waals surface area contributed by atoms with Crippen molar-refractivity contribution in [1.82, 2.24) is 10.6 Å². The molecular formula is C17H18N2O4S. The molecule has 2 aromatic carbocycles. The minimum Gasteiger partial charge on any atom is -0.350 e. The van der Waals surface area contributed by atoms with Crippen molar-refractivity contribution in [1.29, 1.82) is 0 Å². The Kier molecular flexibility index (Phi) is 5.70. The van der Waals surface area contributed by atoms with Gasteiger partial charge in [-0.3, -0.25) is 9.59 Å². The molecule has 0 saturated carbocycles. The predicted octanol–water partition coefficient (Wildman–Crippen LogP) is 1.25. The van der Waals surface area contributed by atoms with Gasteiger partial charge in [0.1, 0.15) is 0 Å². The maximum absolute atomic E-state index is 11.9. The van der Waals surface area contributed by atoms with Crippen LogP contribution in [-0.4, -0.2) is 39.6 Å². The first-order chi connectivity index (χ1) is 11.4. The fourth-order valence-corrected chi connectivity index (χ4v) is 2.63. The van der Waals surface area contributed by atoms with Crippen molar-refractivity contribution in [3.8, 4) is 0 Å². The normalized spacial score (nSPS) is 10.9. The Hall–Kier alpha value is -2.67. The lowest BCUT2D eigenvalue weighted by atomic mass is 10.2. The van der Waals surface area contributed by atoms with E-state index in [4.69, 9.17) is 0 Å². The maximum atomic E-state index is 11.9. The summed E-state index contributed by atoms with van der Waals surface area (Å²) >= 11 is 0. The molecule has 0 heterocycles. The van der Waals surface area contributed by atoms with E-state index in [2.05, 4.69) is 10.6 Å². The Bertz CT molecular complexity index is 815. The quantitative estimate of drug-likeness (QED) is 0.770. The van der Waals surface area contributed by atoms with Crippen LogP contribution in [0.15, 0.2) is 59.5 Å². The molecule has 2 aromatic rings. The molecule has 2 rings (SSSR count). The van der Waals surface area contributed by atoms with Gasteiger partial charge < -0.3 is 10.6 Å². The van der Waals surface area contributed by atoms with E-state index in [1.807, 2.05) is 6.07 Å². The highest BCUT2D eigenvalue weighted by molar-refractivity contribution is 7.90.